The van der Waals surface area contributed by atoms with Crippen LogP contribution in [0.15, 0.2) is 42.5 Å². The van der Waals surface area contributed by atoms with Gasteiger partial charge in [-0.1, -0.05) is 35.9 Å². The minimum Gasteiger partial charge on any atom is -0.492 e. The summed E-state index contributed by atoms with van der Waals surface area (Å²) in [6, 6.07) is 13.6. The Kier molecular flexibility index (Phi) is 7.61. The highest BCUT2D eigenvalue weighted by atomic mass is 16.5. The van der Waals surface area contributed by atoms with Gasteiger partial charge in [0.15, 0.2) is 0 Å². The first-order chi connectivity index (χ1) is 13.2. The van der Waals surface area contributed by atoms with Gasteiger partial charge in [-0.15, -0.1) is 0 Å². The van der Waals surface area contributed by atoms with Crippen molar-refractivity contribution in [2.75, 3.05) is 20.2 Å². The molecule has 0 aliphatic carbocycles. The second-order valence-corrected chi connectivity index (χ2v) is 7.36. The number of rotatable bonds is 8. The molecule has 0 aromatic heterocycles. The van der Waals surface area contributed by atoms with E-state index in [1.807, 2.05) is 57.2 Å². The molecule has 0 saturated carbocycles. The van der Waals surface area contributed by atoms with Gasteiger partial charge in [0.1, 0.15) is 12.4 Å². The first kappa shape index (κ1) is 21.5. The summed E-state index contributed by atoms with van der Waals surface area (Å²) >= 11 is 0. The van der Waals surface area contributed by atoms with Crippen molar-refractivity contribution >= 4 is 11.8 Å². The number of carbonyl (C=O) groups is 2. The maximum absolute atomic E-state index is 12.6. The second-order valence-electron chi connectivity index (χ2n) is 7.36. The van der Waals surface area contributed by atoms with Gasteiger partial charge in [0.25, 0.3) is 0 Å². The molecule has 28 heavy (non-hydrogen) atoms. The Labute approximate surface area is 167 Å². The lowest BCUT2D eigenvalue weighted by Crippen LogP contribution is -2.35. The number of aryl methyl sites for hydroxylation is 3. The quantitative estimate of drug-likeness (QED) is 0.757. The highest BCUT2D eigenvalue weighted by Gasteiger charge is 2.19. The Morgan fingerprint density at radius 1 is 1.00 bits per heavy atom. The van der Waals surface area contributed by atoms with Crippen molar-refractivity contribution in [3.05, 3.63) is 64.7 Å². The monoisotopic (exact) mass is 382 g/mol. The molecule has 0 radical (unpaired) electrons. The van der Waals surface area contributed by atoms with Crippen LogP contribution in [0.3, 0.4) is 0 Å². The number of carbonyl (C=O) groups excluding carboxylic acids is 2. The summed E-state index contributed by atoms with van der Waals surface area (Å²) in [6.45, 7) is 8.43. The average Bonchev–Trinajstić information content (AvgIpc) is 2.60. The van der Waals surface area contributed by atoms with Gasteiger partial charge in [0, 0.05) is 14.0 Å². The number of nitrogens with zero attached hydrogens (tertiary/aromatic N) is 1. The molecule has 5 heteroatoms. The number of likely N-dealkylation sites (N-methyl/N-ethyl adjacent to an activating group) is 1. The molecule has 1 N–H and O–H groups in total. The average molecular weight is 383 g/mol. The summed E-state index contributed by atoms with van der Waals surface area (Å²) in [5.41, 5.74) is 4.36. The van der Waals surface area contributed by atoms with Crippen LogP contribution in [0.2, 0.25) is 0 Å². The van der Waals surface area contributed by atoms with Crippen molar-refractivity contribution in [3.63, 3.8) is 0 Å². The smallest absolute Gasteiger partial charge is 0.224 e. The maximum atomic E-state index is 12.6. The Morgan fingerprint density at radius 3 is 2.18 bits per heavy atom. The Hall–Kier alpha value is -2.82. The zero-order valence-corrected chi connectivity index (χ0v) is 17.4. The fourth-order valence-electron chi connectivity index (χ4n) is 3.07. The number of nitrogens with one attached hydrogen (secondary N) is 1. The van der Waals surface area contributed by atoms with Crippen LogP contribution < -0.4 is 10.1 Å². The van der Waals surface area contributed by atoms with E-state index in [1.165, 1.54) is 6.92 Å². The van der Waals surface area contributed by atoms with Gasteiger partial charge in [0.2, 0.25) is 11.8 Å². The SMILES string of the molecule is CC(=O)NC(CC(=O)N(C)CCOc1cc(C)cc(C)c1)c1ccc(C)cc1. The van der Waals surface area contributed by atoms with Crippen LogP contribution >= 0.6 is 0 Å². The van der Waals surface area contributed by atoms with Crippen molar-refractivity contribution in [1.29, 1.82) is 0 Å². The van der Waals surface area contributed by atoms with Crippen molar-refractivity contribution in [2.24, 2.45) is 0 Å². The largest absolute Gasteiger partial charge is 0.492 e. The zero-order valence-electron chi connectivity index (χ0n) is 17.4. The van der Waals surface area contributed by atoms with Gasteiger partial charge >= 0.3 is 0 Å². The molecule has 0 aliphatic heterocycles. The fourth-order valence-corrected chi connectivity index (χ4v) is 3.07. The molecule has 150 valence electrons. The van der Waals surface area contributed by atoms with E-state index in [1.54, 1.807) is 11.9 Å². The number of hydrogen-bond acceptors (Lipinski definition) is 3. The first-order valence-corrected chi connectivity index (χ1v) is 9.53. The summed E-state index contributed by atoms with van der Waals surface area (Å²) in [6.07, 6.45) is 0.211. The predicted octanol–water partition coefficient (Wildman–Crippen LogP) is 3.72. The molecule has 2 rings (SSSR count). The molecule has 5 nitrogen and oxygen atoms in total. The van der Waals surface area contributed by atoms with Gasteiger partial charge in [-0.3, -0.25) is 9.59 Å². The molecular formula is C23H30N2O3. The summed E-state index contributed by atoms with van der Waals surface area (Å²) in [7, 11) is 1.76. The standard InChI is InChI=1S/C23H30N2O3/c1-16-6-8-20(9-7-16)22(24-19(4)26)15-23(27)25(5)10-11-28-21-13-17(2)12-18(3)14-21/h6-9,12-14,22H,10-11,15H2,1-5H3,(H,24,26). The highest BCUT2D eigenvalue weighted by molar-refractivity contribution is 5.79. The zero-order chi connectivity index (χ0) is 20.7. The Balaban J connectivity index is 1.92. The third-order valence-corrected chi connectivity index (χ3v) is 4.55. The fraction of sp³-hybridized carbons (Fsp3) is 0.391. The molecule has 1 unspecified atom stereocenters. The van der Waals surface area contributed by atoms with Gasteiger partial charge in [-0.2, -0.15) is 0 Å². The molecule has 0 bridgehead atoms. The number of hydrogen-bond donors (Lipinski definition) is 1. The minimum atomic E-state index is -0.339. The van der Waals surface area contributed by atoms with Crippen molar-refractivity contribution < 1.29 is 14.3 Å². The summed E-state index contributed by atoms with van der Waals surface area (Å²) in [5.74, 6) is 0.622. The van der Waals surface area contributed by atoms with E-state index in [0.717, 1.165) is 28.0 Å². The van der Waals surface area contributed by atoms with Crippen molar-refractivity contribution in [1.82, 2.24) is 10.2 Å². The van der Waals surface area contributed by atoms with Gasteiger partial charge in [-0.25, -0.2) is 0 Å². The van der Waals surface area contributed by atoms with E-state index in [4.69, 9.17) is 4.74 Å². The van der Waals surface area contributed by atoms with E-state index < -0.39 is 0 Å². The van der Waals surface area contributed by atoms with E-state index >= 15 is 0 Å². The van der Waals surface area contributed by atoms with Crippen LogP contribution in [0.4, 0.5) is 0 Å². The van der Waals surface area contributed by atoms with E-state index in [0.29, 0.717) is 13.2 Å². The van der Waals surface area contributed by atoms with Crippen LogP contribution in [0.25, 0.3) is 0 Å². The van der Waals surface area contributed by atoms with Crippen LogP contribution in [0.1, 0.15) is 41.6 Å². The van der Waals surface area contributed by atoms with E-state index in [-0.39, 0.29) is 24.3 Å². The number of amides is 2. The third kappa shape index (κ3) is 6.72. The molecule has 0 heterocycles. The van der Waals surface area contributed by atoms with Gasteiger partial charge in [-0.05, 0) is 49.6 Å². The lowest BCUT2D eigenvalue weighted by molar-refractivity contribution is -0.131. The van der Waals surface area contributed by atoms with Gasteiger partial charge < -0.3 is 15.0 Å². The predicted molar refractivity (Wildman–Crippen MR) is 111 cm³/mol. The molecule has 2 aromatic carbocycles. The summed E-state index contributed by atoms with van der Waals surface area (Å²) in [5, 5.41) is 2.88. The first-order valence-electron chi connectivity index (χ1n) is 9.53. The summed E-state index contributed by atoms with van der Waals surface area (Å²) < 4.78 is 5.79. The Bertz CT molecular complexity index is 795. The molecule has 0 fully saturated rings. The minimum absolute atomic E-state index is 0.0386. The van der Waals surface area contributed by atoms with Crippen LogP contribution in [-0.4, -0.2) is 36.9 Å². The molecule has 2 amide bonds. The normalized spacial score (nSPS) is 11.6. The Morgan fingerprint density at radius 2 is 1.61 bits per heavy atom. The molecular weight excluding hydrogens is 352 g/mol. The highest BCUT2D eigenvalue weighted by Crippen LogP contribution is 2.19. The molecule has 0 saturated heterocycles. The van der Waals surface area contributed by atoms with Crippen molar-refractivity contribution in [2.45, 2.75) is 40.2 Å². The summed E-state index contributed by atoms with van der Waals surface area (Å²) in [4.78, 5) is 25.9. The van der Waals surface area contributed by atoms with Crippen LogP contribution in [0, 0.1) is 20.8 Å². The lowest BCUT2D eigenvalue weighted by Gasteiger charge is -2.23. The second kappa shape index (κ2) is 9.93. The topological polar surface area (TPSA) is 58.6 Å². The van der Waals surface area contributed by atoms with E-state index in [9.17, 15) is 9.59 Å². The molecule has 1 atom stereocenters. The van der Waals surface area contributed by atoms with Crippen LogP contribution in [-0.2, 0) is 9.59 Å². The molecule has 0 aliphatic rings. The maximum Gasteiger partial charge on any atom is 0.224 e. The van der Waals surface area contributed by atoms with Crippen molar-refractivity contribution in [3.8, 4) is 5.75 Å². The molecule has 0 spiro atoms. The number of ether oxygens (including phenoxy) is 1. The third-order valence-electron chi connectivity index (χ3n) is 4.55. The van der Waals surface area contributed by atoms with Crippen LogP contribution in [0.5, 0.6) is 5.75 Å². The van der Waals surface area contributed by atoms with E-state index in [2.05, 4.69) is 11.4 Å². The lowest BCUT2D eigenvalue weighted by atomic mass is 10.0. The number of benzene rings is 2. The van der Waals surface area contributed by atoms with Gasteiger partial charge in [0.05, 0.1) is 19.0 Å². The molecule has 2 aromatic rings.